The van der Waals surface area contributed by atoms with Gasteiger partial charge in [-0.3, -0.25) is 0 Å². The summed E-state index contributed by atoms with van der Waals surface area (Å²) >= 11 is 0. The maximum absolute atomic E-state index is 12.0. The number of hydrogen-bond donors (Lipinski definition) is 0. The lowest BCUT2D eigenvalue weighted by atomic mass is 10.2. The van der Waals surface area contributed by atoms with Gasteiger partial charge in [-0.2, -0.15) is 9.57 Å². The number of unbranched alkanes of at least 4 members (excludes halogenated alkanes) is 1. The summed E-state index contributed by atoms with van der Waals surface area (Å²) in [6, 6.07) is 2.04. The number of hydrogen-bond acceptors (Lipinski definition) is 3. The molecule has 0 aromatic rings. The zero-order valence-corrected chi connectivity index (χ0v) is 10.7. The normalized spacial score (nSPS) is 17.8. The molecular formula is C11H20N2O2S. The number of nitrogens with zero attached hydrogens (tertiary/aromatic N) is 2. The number of nitriles is 1. The molecule has 0 amide bonds. The first-order valence-corrected chi connectivity index (χ1v) is 7.59. The third kappa shape index (κ3) is 3.46. The molecule has 0 unspecified atom stereocenters. The molecule has 0 saturated heterocycles. The average molecular weight is 244 g/mol. The van der Waals surface area contributed by atoms with E-state index < -0.39 is 10.0 Å². The summed E-state index contributed by atoms with van der Waals surface area (Å²) in [5, 5.41) is 8.73. The highest BCUT2D eigenvalue weighted by Crippen LogP contribution is 2.25. The SMILES string of the molecule is CCCCS(=O)(=O)N(CC#N)C1CCCC1. The molecule has 0 spiro atoms. The Balaban J connectivity index is 2.71. The van der Waals surface area contributed by atoms with E-state index in [1.165, 1.54) is 4.31 Å². The lowest BCUT2D eigenvalue weighted by molar-refractivity contribution is 0.349. The summed E-state index contributed by atoms with van der Waals surface area (Å²) in [4.78, 5) is 0. The van der Waals surface area contributed by atoms with Crippen molar-refractivity contribution in [1.29, 1.82) is 5.26 Å². The third-order valence-corrected chi connectivity index (χ3v) is 5.02. The van der Waals surface area contributed by atoms with Crippen LogP contribution in [-0.2, 0) is 10.0 Å². The quantitative estimate of drug-likeness (QED) is 0.670. The Hall–Kier alpha value is -0.600. The van der Waals surface area contributed by atoms with Crippen LogP contribution in [0.25, 0.3) is 0 Å². The molecule has 1 rings (SSSR count). The maximum atomic E-state index is 12.0. The molecule has 16 heavy (non-hydrogen) atoms. The zero-order chi connectivity index (χ0) is 12.0. The Labute approximate surface area is 98.3 Å². The van der Waals surface area contributed by atoms with Gasteiger partial charge in [-0.1, -0.05) is 26.2 Å². The largest absolute Gasteiger partial charge is 0.215 e. The van der Waals surface area contributed by atoms with Gasteiger partial charge in [-0.05, 0) is 19.3 Å². The van der Waals surface area contributed by atoms with E-state index in [9.17, 15) is 8.42 Å². The van der Waals surface area contributed by atoms with Crippen LogP contribution in [0, 0.1) is 11.3 Å². The van der Waals surface area contributed by atoms with Crippen LogP contribution in [0.1, 0.15) is 45.4 Å². The molecule has 5 heteroatoms. The van der Waals surface area contributed by atoms with Crippen LogP contribution in [0.5, 0.6) is 0 Å². The van der Waals surface area contributed by atoms with Gasteiger partial charge in [0, 0.05) is 6.04 Å². The fourth-order valence-electron chi connectivity index (χ4n) is 2.16. The van der Waals surface area contributed by atoms with E-state index in [1.54, 1.807) is 0 Å². The summed E-state index contributed by atoms with van der Waals surface area (Å²) in [6.07, 6.45) is 5.52. The van der Waals surface area contributed by atoms with E-state index in [0.717, 1.165) is 32.1 Å². The summed E-state index contributed by atoms with van der Waals surface area (Å²) in [5.41, 5.74) is 0. The van der Waals surface area contributed by atoms with Gasteiger partial charge in [0.2, 0.25) is 10.0 Å². The molecule has 0 N–H and O–H groups in total. The predicted molar refractivity (Wildman–Crippen MR) is 63.3 cm³/mol. The van der Waals surface area contributed by atoms with Gasteiger partial charge >= 0.3 is 0 Å². The topological polar surface area (TPSA) is 61.2 Å². The maximum Gasteiger partial charge on any atom is 0.215 e. The van der Waals surface area contributed by atoms with Crippen LogP contribution in [-0.4, -0.2) is 31.1 Å². The second-order valence-electron chi connectivity index (χ2n) is 4.31. The molecular weight excluding hydrogens is 224 g/mol. The summed E-state index contributed by atoms with van der Waals surface area (Å²) in [7, 11) is -3.22. The number of sulfonamides is 1. The minimum atomic E-state index is -3.22. The molecule has 0 aromatic carbocycles. The molecule has 0 bridgehead atoms. The molecule has 1 fully saturated rings. The van der Waals surface area contributed by atoms with Crippen LogP contribution in [0.3, 0.4) is 0 Å². The van der Waals surface area contributed by atoms with E-state index in [2.05, 4.69) is 0 Å². The van der Waals surface area contributed by atoms with Crippen molar-refractivity contribution in [3.05, 3.63) is 0 Å². The first-order chi connectivity index (χ1) is 7.61. The second kappa shape index (κ2) is 6.21. The van der Waals surface area contributed by atoms with Crippen molar-refractivity contribution in [2.75, 3.05) is 12.3 Å². The lowest BCUT2D eigenvalue weighted by Gasteiger charge is -2.25. The van der Waals surface area contributed by atoms with Gasteiger partial charge in [0.15, 0.2) is 0 Å². The monoisotopic (exact) mass is 244 g/mol. The molecule has 0 aromatic heterocycles. The smallest absolute Gasteiger partial charge is 0.212 e. The molecule has 92 valence electrons. The van der Waals surface area contributed by atoms with Crippen molar-refractivity contribution in [3.63, 3.8) is 0 Å². The van der Waals surface area contributed by atoms with E-state index in [-0.39, 0.29) is 18.3 Å². The van der Waals surface area contributed by atoms with Gasteiger partial charge in [0.25, 0.3) is 0 Å². The Morgan fingerprint density at radius 1 is 1.38 bits per heavy atom. The highest BCUT2D eigenvalue weighted by molar-refractivity contribution is 7.89. The fourth-order valence-corrected chi connectivity index (χ4v) is 3.97. The molecule has 1 aliphatic rings. The first kappa shape index (κ1) is 13.5. The second-order valence-corrected chi connectivity index (χ2v) is 6.35. The van der Waals surface area contributed by atoms with E-state index >= 15 is 0 Å². The van der Waals surface area contributed by atoms with Crippen LogP contribution in [0.15, 0.2) is 0 Å². The van der Waals surface area contributed by atoms with Crippen LogP contribution in [0.4, 0.5) is 0 Å². The van der Waals surface area contributed by atoms with Crippen molar-refractivity contribution < 1.29 is 8.42 Å². The van der Waals surface area contributed by atoms with Gasteiger partial charge in [-0.15, -0.1) is 0 Å². The van der Waals surface area contributed by atoms with E-state index in [4.69, 9.17) is 5.26 Å². The van der Waals surface area contributed by atoms with Crippen molar-refractivity contribution >= 4 is 10.0 Å². The highest BCUT2D eigenvalue weighted by atomic mass is 32.2. The molecule has 4 nitrogen and oxygen atoms in total. The molecule has 0 aliphatic heterocycles. The Bertz CT molecular complexity index is 339. The van der Waals surface area contributed by atoms with Gasteiger partial charge < -0.3 is 0 Å². The van der Waals surface area contributed by atoms with Crippen LogP contribution in [0.2, 0.25) is 0 Å². The molecule has 1 aliphatic carbocycles. The Morgan fingerprint density at radius 3 is 2.50 bits per heavy atom. The molecule has 0 heterocycles. The zero-order valence-electron chi connectivity index (χ0n) is 9.85. The van der Waals surface area contributed by atoms with Gasteiger partial charge in [0.1, 0.15) is 6.54 Å². The minimum absolute atomic E-state index is 0.0106. The number of rotatable bonds is 6. The van der Waals surface area contributed by atoms with Gasteiger partial charge in [-0.25, -0.2) is 8.42 Å². The average Bonchev–Trinajstić information content (AvgIpc) is 2.76. The molecule has 0 radical (unpaired) electrons. The standard InChI is InChI=1S/C11H20N2O2S/c1-2-3-10-16(14,15)13(9-8-12)11-6-4-5-7-11/h11H,2-7,9-10H2,1H3. The fraction of sp³-hybridized carbons (Fsp3) is 0.909. The van der Waals surface area contributed by atoms with Crippen molar-refractivity contribution in [3.8, 4) is 6.07 Å². The first-order valence-electron chi connectivity index (χ1n) is 5.98. The highest BCUT2D eigenvalue weighted by Gasteiger charge is 2.31. The van der Waals surface area contributed by atoms with Crippen molar-refractivity contribution in [2.24, 2.45) is 0 Å². The summed E-state index contributed by atoms with van der Waals surface area (Å²) < 4.78 is 25.5. The summed E-state index contributed by atoms with van der Waals surface area (Å²) in [5.74, 6) is 0.182. The van der Waals surface area contributed by atoms with Crippen LogP contribution >= 0.6 is 0 Å². The Kier molecular flexibility index (Phi) is 5.23. The van der Waals surface area contributed by atoms with Gasteiger partial charge in [0.05, 0.1) is 11.8 Å². The van der Waals surface area contributed by atoms with E-state index in [1.807, 2.05) is 13.0 Å². The van der Waals surface area contributed by atoms with Crippen molar-refractivity contribution in [2.45, 2.75) is 51.5 Å². The predicted octanol–water partition coefficient (Wildman–Crippen LogP) is 1.88. The van der Waals surface area contributed by atoms with Crippen LogP contribution < -0.4 is 0 Å². The van der Waals surface area contributed by atoms with E-state index in [0.29, 0.717) is 6.42 Å². The summed E-state index contributed by atoms with van der Waals surface area (Å²) in [6.45, 7) is 1.98. The lowest BCUT2D eigenvalue weighted by Crippen LogP contribution is -2.40. The Morgan fingerprint density at radius 2 is 2.00 bits per heavy atom. The molecule has 1 saturated carbocycles. The third-order valence-electron chi connectivity index (χ3n) is 3.07. The van der Waals surface area contributed by atoms with Crippen molar-refractivity contribution in [1.82, 2.24) is 4.31 Å². The minimum Gasteiger partial charge on any atom is -0.212 e. The molecule has 0 atom stereocenters.